The molecule has 0 fully saturated rings. The van der Waals surface area contributed by atoms with E-state index in [1.165, 1.54) is 0 Å². The van der Waals surface area contributed by atoms with Crippen LogP contribution in [0.3, 0.4) is 0 Å². The maximum absolute atomic E-state index is 11.5. The summed E-state index contributed by atoms with van der Waals surface area (Å²) in [6.07, 6.45) is -3.67. The highest BCUT2D eigenvalue weighted by Gasteiger charge is 2.30. The second-order valence-corrected chi connectivity index (χ2v) is 1.58. The van der Waals surface area contributed by atoms with Crippen molar-refractivity contribution in [2.24, 2.45) is 0 Å². The normalized spacial score (nSPS) is 11.9. The Kier molecular flexibility index (Phi) is 1.60. The minimum atomic E-state index is -4.29. The predicted molar refractivity (Wildman–Crippen MR) is 22.9 cm³/mol. The van der Waals surface area contributed by atoms with E-state index in [1.54, 1.807) is 0 Å². The van der Waals surface area contributed by atoms with Gasteiger partial charge in [-0.15, -0.1) is 10.2 Å². The van der Waals surface area contributed by atoms with Gasteiger partial charge in [0, 0.05) is 0 Å². The molecule has 0 aliphatic heterocycles. The number of hydrogen-bond donors (Lipinski definition) is 0. The second kappa shape index (κ2) is 2.28. The van der Waals surface area contributed by atoms with Gasteiger partial charge >= 0.3 is 12.6 Å². The zero-order valence-electron chi connectivity index (χ0n) is 4.64. The van der Waals surface area contributed by atoms with Crippen LogP contribution in [0.4, 0.5) is 13.2 Å². The molecule has 55 valence electrons. The highest BCUT2D eigenvalue weighted by atomic mass is 19.4. The van der Waals surface area contributed by atoms with Crippen molar-refractivity contribution >= 4 is 0 Å². The molecule has 0 spiro atoms. The third kappa shape index (κ3) is 2.04. The molecule has 0 N–H and O–H groups in total. The highest BCUT2D eigenvalue weighted by molar-refractivity contribution is 4.76. The smallest absolute Gasteiger partial charge is 0.397 e. The van der Waals surface area contributed by atoms with Gasteiger partial charge in [0.15, 0.2) is 0 Å². The number of halogens is 3. The van der Waals surface area contributed by atoms with Crippen LogP contribution in [0.5, 0.6) is 0 Å². The molecule has 0 aromatic carbocycles. The Labute approximate surface area is 53.9 Å². The number of rotatable bonds is 1. The van der Waals surface area contributed by atoms with E-state index < -0.39 is 18.5 Å². The minimum Gasteiger partial charge on any atom is -0.417 e. The fourth-order valence-electron chi connectivity index (χ4n) is 0.413. The molecule has 6 heteroatoms. The number of nitrogens with zero attached hydrogens (tertiary/aromatic N) is 2. The van der Waals surface area contributed by atoms with Crippen molar-refractivity contribution in [2.45, 2.75) is 12.6 Å². The molecule has 10 heavy (non-hydrogen) atoms. The van der Waals surface area contributed by atoms with Gasteiger partial charge in [-0.25, -0.2) is 0 Å². The predicted octanol–water partition coefficient (Wildman–Crippen LogP) is 0.975. The molecule has 0 amide bonds. The monoisotopic (exact) mass is 151 g/mol. The summed E-state index contributed by atoms with van der Waals surface area (Å²) in [4.78, 5) is 0. The Hall–Kier alpha value is -1.07. The van der Waals surface area contributed by atoms with E-state index in [0.717, 1.165) is 0 Å². The Morgan fingerprint density at radius 2 is 2.20 bits per heavy atom. The molecule has 0 unspecified atom stereocenters. The van der Waals surface area contributed by atoms with Gasteiger partial charge in [-0.2, -0.15) is 13.2 Å². The highest BCUT2D eigenvalue weighted by Crippen LogP contribution is 2.19. The molecule has 1 heterocycles. The summed E-state index contributed by atoms with van der Waals surface area (Å²) < 4.78 is 38.6. The van der Waals surface area contributed by atoms with Crippen molar-refractivity contribution in [2.75, 3.05) is 0 Å². The van der Waals surface area contributed by atoms with Crippen molar-refractivity contribution in [3.63, 3.8) is 0 Å². The topological polar surface area (TPSA) is 38.9 Å². The van der Waals surface area contributed by atoms with Crippen LogP contribution in [0.1, 0.15) is 5.89 Å². The zero-order valence-corrected chi connectivity index (χ0v) is 4.64. The third-order valence-electron chi connectivity index (χ3n) is 0.717. The van der Waals surface area contributed by atoms with Crippen LogP contribution < -0.4 is 0 Å². The van der Waals surface area contributed by atoms with Crippen molar-refractivity contribution in [3.05, 3.63) is 12.3 Å². The molecule has 0 aliphatic carbocycles. The van der Waals surface area contributed by atoms with E-state index in [4.69, 9.17) is 0 Å². The maximum atomic E-state index is 11.5. The van der Waals surface area contributed by atoms with Gasteiger partial charge in [-0.3, -0.25) is 0 Å². The molecule has 1 aromatic heterocycles. The first-order valence-electron chi connectivity index (χ1n) is 2.33. The average molecular weight is 151 g/mol. The lowest BCUT2D eigenvalue weighted by Gasteiger charge is -1.99. The summed E-state index contributed by atoms with van der Waals surface area (Å²) in [6, 6.07) is 0. The van der Waals surface area contributed by atoms with E-state index in [-0.39, 0.29) is 0 Å². The Balaban J connectivity index is 2.57. The summed E-state index contributed by atoms with van der Waals surface area (Å²) in [6.45, 7) is 0. The molecule has 0 atom stereocenters. The summed E-state index contributed by atoms with van der Waals surface area (Å²) >= 11 is 0. The lowest BCUT2D eigenvalue weighted by Crippen LogP contribution is -2.11. The molecule has 1 rings (SSSR count). The lowest BCUT2D eigenvalue weighted by atomic mass is 10.4. The van der Waals surface area contributed by atoms with Crippen LogP contribution >= 0.6 is 0 Å². The Morgan fingerprint density at radius 1 is 1.50 bits per heavy atom. The Bertz CT molecular complexity index is 193. The van der Waals surface area contributed by atoms with E-state index in [2.05, 4.69) is 14.6 Å². The van der Waals surface area contributed by atoms with Gasteiger partial charge in [0.05, 0.1) is 0 Å². The van der Waals surface area contributed by atoms with Gasteiger partial charge in [-0.05, 0) is 0 Å². The molecule has 1 aromatic rings. The third-order valence-corrected chi connectivity index (χ3v) is 0.717. The van der Waals surface area contributed by atoms with Crippen molar-refractivity contribution < 1.29 is 17.6 Å². The molecular formula is C4H2F3N2O. The van der Waals surface area contributed by atoms with Gasteiger partial charge in [0.25, 0.3) is 0 Å². The van der Waals surface area contributed by atoms with Gasteiger partial charge in [0.1, 0.15) is 6.42 Å². The molecule has 0 saturated heterocycles. The molecule has 0 aliphatic rings. The van der Waals surface area contributed by atoms with Crippen LogP contribution in [0.2, 0.25) is 0 Å². The van der Waals surface area contributed by atoms with E-state index >= 15 is 0 Å². The van der Waals surface area contributed by atoms with E-state index in [1.807, 2.05) is 6.39 Å². The first kappa shape index (κ1) is 7.04. The minimum absolute atomic E-state index is 0.465. The van der Waals surface area contributed by atoms with Crippen LogP contribution in [0.15, 0.2) is 4.42 Å². The van der Waals surface area contributed by atoms with Crippen molar-refractivity contribution in [1.29, 1.82) is 0 Å². The van der Waals surface area contributed by atoms with Crippen molar-refractivity contribution in [3.8, 4) is 0 Å². The molecular weight excluding hydrogens is 149 g/mol. The molecule has 3 nitrogen and oxygen atoms in total. The van der Waals surface area contributed by atoms with Crippen LogP contribution in [0.25, 0.3) is 0 Å². The SMILES string of the molecule is FC(F)(F)Cc1nn[c]o1. The molecule has 1 radical (unpaired) electrons. The maximum Gasteiger partial charge on any atom is 0.397 e. The summed E-state index contributed by atoms with van der Waals surface area (Å²) in [5, 5.41) is 5.97. The number of alkyl halides is 3. The van der Waals surface area contributed by atoms with Gasteiger partial charge in [0.2, 0.25) is 5.89 Å². The number of hydrogen-bond acceptors (Lipinski definition) is 3. The summed E-state index contributed by atoms with van der Waals surface area (Å²) in [5.74, 6) is -0.465. The van der Waals surface area contributed by atoms with Crippen molar-refractivity contribution in [1.82, 2.24) is 10.2 Å². The first-order valence-corrected chi connectivity index (χ1v) is 2.33. The lowest BCUT2D eigenvalue weighted by molar-refractivity contribution is -0.130. The summed E-state index contributed by atoms with van der Waals surface area (Å²) in [5.41, 5.74) is 0. The summed E-state index contributed by atoms with van der Waals surface area (Å²) in [7, 11) is 0. The fraction of sp³-hybridized carbons (Fsp3) is 0.500. The standard InChI is InChI=1S/C4H2F3N2O/c5-4(6,7)1-3-9-8-2-10-3/h1H2. The zero-order chi connectivity index (χ0) is 7.61. The van der Waals surface area contributed by atoms with Gasteiger partial charge in [-0.1, -0.05) is 0 Å². The molecule has 0 saturated carbocycles. The first-order chi connectivity index (χ1) is 4.58. The average Bonchev–Trinajstić information content (AvgIpc) is 2.12. The number of aromatic nitrogens is 2. The quantitative estimate of drug-likeness (QED) is 0.600. The molecule has 0 bridgehead atoms. The van der Waals surface area contributed by atoms with E-state index in [9.17, 15) is 13.2 Å². The largest absolute Gasteiger partial charge is 0.417 e. The van der Waals surface area contributed by atoms with Crippen LogP contribution in [-0.4, -0.2) is 16.4 Å². The van der Waals surface area contributed by atoms with Gasteiger partial charge < -0.3 is 4.42 Å². The fourth-order valence-corrected chi connectivity index (χ4v) is 0.413. The second-order valence-electron chi connectivity index (χ2n) is 1.58. The van der Waals surface area contributed by atoms with E-state index in [0.29, 0.717) is 0 Å². The van der Waals surface area contributed by atoms with Crippen LogP contribution in [-0.2, 0) is 6.42 Å². The Morgan fingerprint density at radius 3 is 2.60 bits per heavy atom. The van der Waals surface area contributed by atoms with Crippen LogP contribution in [0, 0.1) is 6.39 Å².